The summed E-state index contributed by atoms with van der Waals surface area (Å²) in [7, 11) is 0. The number of para-hydroxylation sites is 1. The van der Waals surface area contributed by atoms with Crippen molar-refractivity contribution in [3.05, 3.63) is 29.8 Å². The number of ether oxygens (including phenoxy) is 2. The molecule has 31 heavy (non-hydrogen) atoms. The van der Waals surface area contributed by atoms with Crippen molar-refractivity contribution < 1.29 is 39.5 Å². The fourth-order valence-electron chi connectivity index (χ4n) is 3.38. The Kier molecular flexibility index (Phi) is 8.14. The summed E-state index contributed by atoms with van der Waals surface area (Å²) in [5.74, 6) is -2.01. The van der Waals surface area contributed by atoms with Crippen molar-refractivity contribution >= 4 is 23.6 Å². The van der Waals surface area contributed by atoms with Gasteiger partial charge in [-0.05, 0) is 6.07 Å². The molecular weight excluding hydrogens is 428 g/mol. The first-order valence-electron chi connectivity index (χ1n) is 10.1. The van der Waals surface area contributed by atoms with Gasteiger partial charge in [-0.3, -0.25) is 9.59 Å². The third kappa shape index (κ3) is 5.88. The van der Waals surface area contributed by atoms with E-state index < -0.39 is 36.6 Å². The molecule has 0 radical (unpaired) electrons. The smallest absolute Gasteiger partial charge is 0.354 e. The van der Waals surface area contributed by atoms with Crippen LogP contribution >= 0.6 is 11.8 Å². The van der Waals surface area contributed by atoms with Gasteiger partial charge in [0.25, 0.3) is 0 Å². The highest BCUT2D eigenvalue weighted by atomic mass is 32.2. The van der Waals surface area contributed by atoms with Gasteiger partial charge in [0.15, 0.2) is 6.10 Å². The maximum Gasteiger partial charge on any atom is 0.354 e. The molecular formula is C20H28N2O8S. The number of aliphatic hydroxyl groups is 4. The van der Waals surface area contributed by atoms with Crippen LogP contribution in [0.3, 0.4) is 0 Å². The summed E-state index contributed by atoms with van der Waals surface area (Å²) in [4.78, 5) is 26.3. The van der Waals surface area contributed by atoms with E-state index >= 15 is 0 Å². The number of benzene rings is 1. The standard InChI is InChI=1S/C20H28N2O8S/c23-11-14-12-29-20(28,19(27)18(14)26)30-15-4-2-1-3-13(15)9-16(24)21-10-17(25)22-5-7-31-8-6-22/h1-4,14,18-19,23,26-28H,5-12H2,(H,21,24). The van der Waals surface area contributed by atoms with Gasteiger partial charge >= 0.3 is 5.97 Å². The Morgan fingerprint density at radius 1 is 1.26 bits per heavy atom. The number of nitrogens with one attached hydrogen (secondary N) is 1. The van der Waals surface area contributed by atoms with Crippen LogP contribution in [0.1, 0.15) is 5.56 Å². The average molecular weight is 457 g/mol. The summed E-state index contributed by atoms with van der Waals surface area (Å²) in [6.07, 6.45) is -3.42. The fraction of sp³-hybridized carbons (Fsp3) is 0.600. The van der Waals surface area contributed by atoms with Gasteiger partial charge in [0.2, 0.25) is 11.8 Å². The number of nitrogens with zero attached hydrogens (tertiary/aromatic N) is 1. The van der Waals surface area contributed by atoms with Crippen LogP contribution in [0.4, 0.5) is 0 Å². The van der Waals surface area contributed by atoms with Crippen LogP contribution in [-0.2, 0) is 20.7 Å². The largest absolute Gasteiger partial charge is 0.437 e. The van der Waals surface area contributed by atoms with Gasteiger partial charge in [0.05, 0.1) is 32.3 Å². The molecule has 0 spiro atoms. The molecule has 0 bridgehead atoms. The summed E-state index contributed by atoms with van der Waals surface area (Å²) in [6.45, 7) is 0.567. The molecule has 4 unspecified atom stereocenters. The molecule has 1 aromatic rings. The number of aliphatic hydroxyl groups excluding tert-OH is 3. The molecule has 2 heterocycles. The highest BCUT2D eigenvalue weighted by Gasteiger charge is 2.51. The molecule has 172 valence electrons. The monoisotopic (exact) mass is 456 g/mol. The third-order valence-corrected chi connectivity index (χ3v) is 6.24. The summed E-state index contributed by atoms with van der Waals surface area (Å²) in [5, 5.41) is 42.7. The Morgan fingerprint density at radius 2 is 1.97 bits per heavy atom. The Hall–Kier alpha value is -1.89. The Bertz CT molecular complexity index is 775. The second kappa shape index (κ2) is 10.6. The lowest BCUT2D eigenvalue weighted by atomic mass is 9.95. The van der Waals surface area contributed by atoms with E-state index in [0.29, 0.717) is 18.7 Å². The predicted octanol–water partition coefficient (Wildman–Crippen LogP) is -1.69. The van der Waals surface area contributed by atoms with Crippen LogP contribution in [0.25, 0.3) is 0 Å². The molecule has 5 N–H and O–H groups in total. The maximum absolute atomic E-state index is 12.4. The highest BCUT2D eigenvalue weighted by molar-refractivity contribution is 7.99. The van der Waals surface area contributed by atoms with E-state index in [2.05, 4.69) is 5.32 Å². The summed E-state index contributed by atoms with van der Waals surface area (Å²) in [5.41, 5.74) is 0.393. The van der Waals surface area contributed by atoms with Crippen molar-refractivity contribution in [2.45, 2.75) is 24.6 Å². The first-order chi connectivity index (χ1) is 14.8. The summed E-state index contributed by atoms with van der Waals surface area (Å²) < 4.78 is 10.6. The second-order valence-electron chi connectivity index (χ2n) is 7.48. The Balaban J connectivity index is 1.60. The van der Waals surface area contributed by atoms with E-state index in [1.165, 1.54) is 6.07 Å². The van der Waals surface area contributed by atoms with Crippen molar-refractivity contribution in [3.8, 4) is 5.75 Å². The van der Waals surface area contributed by atoms with E-state index in [1.807, 2.05) is 0 Å². The summed E-state index contributed by atoms with van der Waals surface area (Å²) >= 11 is 1.79. The minimum absolute atomic E-state index is 0.0771. The van der Waals surface area contributed by atoms with Gasteiger partial charge < -0.3 is 40.1 Å². The Labute approximate surface area is 184 Å². The van der Waals surface area contributed by atoms with Gasteiger partial charge in [-0.2, -0.15) is 11.8 Å². The normalized spacial score (nSPS) is 28.8. The lowest BCUT2D eigenvalue weighted by molar-refractivity contribution is -0.399. The molecule has 2 aliphatic heterocycles. The minimum atomic E-state index is -2.54. The SMILES string of the molecule is O=C(Cc1ccccc1OC1(O)OCC(CO)C(O)C1O)NCC(=O)N1CCSCC1. The molecule has 1 aromatic carbocycles. The topological polar surface area (TPSA) is 149 Å². The zero-order chi connectivity index (χ0) is 22.4. The quantitative estimate of drug-likeness (QED) is 0.303. The number of carbonyl (C=O) groups excluding carboxylic acids is 2. The number of rotatable bonds is 7. The van der Waals surface area contributed by atoms with Gasteiger partial charge in [-0.1, -0.05) is 18.2 Å². The molecule has 0 aromatic heterocycles. The summed E-state index contributed by atoms with van der Waals surface area (Å²) in [6, 6.07) is 6.37. The van der Waals surface area contributed by atoms with Gasteiger partial charge in [-0.25, -0.2) is 0 Å². The number of hydrogen-bond donors (Lipinski definition) is 5. The molecule has 3 rings (SSSR count). The zero-order valence-corrected chi connectivity index (χ0v) is 17.8. The van der Waals surface area contributed by atoms with Gasteiger partial charge in [-0.15, -0.1) is 0 Å². The third-order valence-electron chi connectivity index (χ3n) is 5.30. The number of carbonyl (C=O) groups is 2. The van der Waals surface area contributed by atoms with E-state index in [1.54, 1.807) is 34.9 Å². The molecule has 2 saturated heterocycles. The van der Waals surface area contributed by atoms with E-state index in [9.17, 15) is 30.0 Å². The van der Waals surface area contributed by atoms with Crippen molar-refractivity contribution in [2.24, 2.45) is 5.92 Å². The van der Waals surface area contributed by atoms with Crippen LogP contribution in [0.5, 0.6) is 5.75 Å². The second-order valence-corrected chi connectivity index (χ2v) is 8.70. The van der Waals surface area contributed by atoms with Crippen molar-refractivity contribution in [1.82, 2.24) is 10.2 Å². The molecule has 11 heteroatoms. The molecule has 0 saturated carbocycles. The molecule has 2 fully saturated rings. The molecule has 4 atom stereocenters. The van der Waals surface area contributed by atoms with Crippen molar-refractivity contribution in [2.75, 3.05) is 44.4 Å². The maximum atomic E-state index is 12.4. The fourth-order valence-corrected chi connectivity index (χ4v) is 4.28. The molecule has 0 aliphatic carbocycles. The lowest BCUT2D eigenvalue weighted by Gasteiger charge is -2.42. The first-order valence-corrected chi connectivity index (χ1v) is 11.2. The lowest BCUT2D eigenvalue weighted by Crippen LogP contribution is -2.62. The van der Waals surface area contributed by atoms with Gasteiger partial charge in [0.1, 0.15) is 5.75 Å². The van der Waals surface area contributed by atoms with Crippen LogP contribution in [-0.4, -0.2) is 99.7 Å². The van der Waals surface area contributed by atoms with Crippen LogP contribution in [0.15, 0.2) is 24.3 Å². The van der Waals surface area contributed by atoms with Crippen molar-refractivity contribution in [3.63, 3.8) is 0 Å². The van der Waals surface area contributed by atoms with Crippen LogP contribution in [0, 0.1) is 5.92 Å². The number of thioether (sulfide) groups is 1. The molecule has 2 amide bonds. The minimum Gasteiger partial charge on any atom is -0.437 e. The Morgan fingerprint density at radius 3 is 2.68 bits per heavy atom. The van der Waals surface area contributed by atoms with E-state index in [-0.39, 0.29) is 31.2 Å². The highest BCUT2D eigenvalue weighted by Crippen LogP contribution is 2.31. The molecule has 10 nitrogen and oxygen atoms in total. The predicted molar refractivity (Wildman–Crippen MR) is 111 cm³/mol. The zero-order valence-electron chi connectivity index (χ0n) is 17.0. The van der Waals surface area contributed by atoms with E-state index in [0.717, 1.165) is 11.5 Å². The van der Waals surface area contributed by atoms with Gasteiger partial charge in [0, 0.05) is 36.1 Å². The van der Waals surface area contributed by atoms with Crippen molar-refractivity contribution in [1.29, 1.82) is 0 Å². The average Bonchev–Trinajstić information content (AvgIpc) is 2.78. The number of hydrogen-bond acceptors (Lipinski definition) is 9. The first kappa shape index (κ1) is 23.8. The van der Waals surface area contributed by atoms with E-state index in [4.69, 9.17) is 9.47 Å². The number of amides is 2. The van der Waals surface area contributed by atoms with Crippen LogP contribution in [0.2, 0.25) is 0 Å². The van der Waals surface area contributed by atoms with Crippen LogP contribution < -0.4 is 10.1 Å². The molecule has 2 aliphatic rings.